The van der Waals surface area contributed by atoms with Crippen LogP contribution in [-0.4, -0.2) is 24.7 Å². The van der Waals surface area contributed by atoms with E-state index in [9.17, 15) is 0 Å². The van der Waals surface area contributed by atoms with Crippen molar-refractivity contribution in [3.8, 4) is 34.5 Å². The van der Waals surface area contributed by atoms with Gasteiger partial charge in [0, 0.05) is 0 Å². The number of ether oxygens (including phenoxy) is 6. The highest BCUT2D eigenvalue weighted by Crippen LogP contribution is 2.57. The Bertz CT molecular complexity index is 1080. The zero-order chi connectivity index (χ0) is 23.2. The molecule has 0 aliphatic carbocycles. The normalized spacial score (nSPS) is 21.4. The Morgan fingerprint density at radius 1 is 0.559 bits per heavy atom. The van der Waals surface area contributed by atoms with E-state index in [-0.39, 0.29) is 0 Å². The molecule has 0 aromatic heterocycles. The lowest BCUT2D eigenvalue weighted by atomic mass is 9.98. The molecule has 3 unspecified atom stereocenters. The van der Waals surface area contributed by atoms with Gasteiger partial charge in [-0.05, 0) is 75.4 Å². The summed E-state index contributed by atoms with van der Waals surface area (Å²) in [5, 5.41) is 0. The maximum absolute atomic E-state index is 6.58. The molecule has 3 aromatic rings. The summed E-state index contributed by atoms with van der Waals surface area (Å²) in [4.78, 5) is 2.12. The van der Waals surface area contributed by atoms with Crippen LogP contribution in [-0.2, 0) is 0 Å². The van der Waals surface area contributed by atoms with Gasteiger partial charge in [-0.2, -0.15) is 4.90 Å². The third-order valence-electron chi connectivity index (χ3n) is 6.20. The summed E-state index contributed by atoms with van der Waals surface area (Å²) < 4.78 is 37.0. The molecule has 0 radical (unpaired) electrons. The van der Waals surface area contributed by atoms with Crippen molar-refractivity contribution >= 4 is 0 Å². The van der Waals surface area contributed by atoms with Crippen LogP contribution in [0.15, 0.2) is 54.6 Å². The zero-order valence-electron chi connectivity index (χ0n) is 19.4. The van der Waals surface area contributed by atoms with E-state index in [1.54, 1.807) is 0 Å². The Hall–Kier alpha value is -3.58. The highest BCUT2D eigenvalue weighted by Gasteiger charge is 2.51. The van der Waals surface area contributed by atoms with Crippen molar-refractivity contribution in [3.05, 3.63) is 71.3 Å². The van der Waals surface area contributed by atoms with Crippen molar-refractivity contribution in [2.24, 2.45) is 0 Å². The topological polar surface area (TPSA) is 58.6 Å². The van der Waals surface area contributed by atoms with E-state index in [1.807, 2.05) is 75.4 Å². The second-order valence-corrected chi connectivity index (χ2v) is 8.26. The summed E-state index contributed by atoms with van der Waals surface area (Å²) in [5.74, 6) is 4.61. The fraction of sp³-hybridized carbons (Fsp3) is 0.333. The van der Waals surface area contributed by atoms with Crippen LogP contribution in [0.3, 0.4) is 0 Å². The molecule has 0 spiro atoms. The minimum absolute atomic E-state index is 0.409. The van der Waals surface area contributed by atoms with Crippen molar-refractivity contribution in [2.45, 2.75) is 39.5 Å². The minimum Gasteiger partial charge on any atom is -0.494 e. The number of fused-ring (bicyclic) bond motifs is 6. The molecule has 0 saturated carbocycles. The molecule has 3 aliphatic rings. The van der Waals surface area contributed by atoms with Crippen LogP contribution in [0.25, 0.3) is 0 Å². The molecule has 34 heavy (non-hydrogen) atoms. The average Bonchev–Trinajstić information content (AvgIpc) is 2.85. The van der Waals surface area contributed by atoms with Gasteiger partial charge in [0.15, 0.2) is 18.7 Å². The van der Waals surface area contributed by atoms with Crippen molar-refractivity contribution in [1.29, 1.82) is 0 Å². The van der Waals surface area contributed by atoms with Crippen LogP contribution < -0.4 is 28.4 Å². The maximum atomic E-state index is 6.58. The van der Waals surface area contributed by atoms with Crippen LogP contribution in [0.2, 0.25) is 0 Å². The number of hydrogen-bond donors (Lipinski definition) is 0. The van der Waals surface area contributed by atoms with Crippen LogP contribution in [0, 0.1) is 0 Å². The van der Waals surface area contributed by atoms with Gasteiger partial charge in [-0.3, -0.25) is 0 Å². The molecular formula is C27H27NO6. The smallest absolute Gasteiger partial charge is 0.188 e. The van der Waals surface area contributed by atoms with E-state index in [0.29, 0.717) is 19.8 Å². The van der Waals surface area contributed by atoms with Gasteiger partial charge in [0.1, 0.15) is 34.5 Å². The maximum Gasteiger partial charge on any atom is 0.188 e. The molecular weight excluding hydrogens is 434 g/mol. The summed E-state index contributed by atoms with van der Waals surface area (Å²) in [6, 6.07) is 17.6. The lowest BCUT2D eigenvalue weighted by Gasteiger charge is -2.51. The summed E-state index contributed by atoms with van der Waals surface area (Å²) in [7, 11) is 0. The molecule has 6 rings (SSSR count). The molecule has 0 N–H and O–H groups in total. The Kier molecular flexibility index (Phi) is 5.14. The Morgan fingerprint density at radius 3 is 1.18 bits per heavy atom. The van der Waals surface area contributed by atoms with Gasteiger partial charge in [-0.1, -0.05) is 0 Å². The van der Waals surface area contributed by atoms with Gasteiger partial charge >= 0.3 is 0 Å². The Morgan fingerprint density at radius 2 is 0.882 bits per heavy atom. The van der Waals surface area contributed by atoms with Crippen LogP contribution in [0.5, 0.6) is 34.5 Å². The van der Waals surface area contributed by atoms with E-state index < -0.39 is 18.7 Å². The van der Waals surface area contributed by atoms with Crippen LogP contribution in [0.1, 0.15) is 56.1 Å². The molecule has 3 atom stereocenters. The van der Waals surface area contributed by atoms with Crippen LogP contribution in [0.4, 0.5) is 0 Å². The Labute approximate surface area is 198 Å². The van der Waals surface area contributed by atoms with Crippen molar-refractivity contribution in [2.75, 3.05) is 19.8 Å². The van der Waals surface area contributed by atoms with Gasteiger partial charge in [0.05, 0.1) is 36.5 Å². The second-order valence-electron chi connectivity index (χ2n) is 8.26. The fourth-order valence-corrected chi connectivity index (χ4v) is 4.83. The van der Waals surface area contributed by atoms with Gasteiger partial charge in [0.2, 0.25) is 0 Å². The molecule has 0 amide bonds. The Balaban J connectivity index is 1.51. The molecule has 176 valence electrons. The summed E-state index contributed by atoms with van der Waals surface area (Å²) in [6.45, 7) is 7.66. The molecule has 0 saturated heterocycles. The van der Waals surface area contributed by atoms with Gasteiger partial charge < -0.3 is 28.4 Å². The van der Waals surface area contributed by atoms with E-state index in [2.05, 4.69) is 4.90 Å². The lowest BCUT2D eigenvalue weighted by molar-refractivity contribution is -0.202. The molecule has 0 fully saturated rings. The highest BCUT2D eigenvalue weighted by molar-refractivity contribution is 5.52. The van der Waals surface area contributed by atoms with Crippen molar-refractivity contribution < 1.29 is 28.4 Å². The van der Waals surface area contributed by atoms with Gasteiger partial charge in [-0.15, -0.1) is 0 Å². The molecule has 7 heteroatoms. The molecule has 3 aliphatic heterocycles. The first-order valence-electron chi connectivity index (χ1n) is 11.8. The van der Waals surface area contributed by atoms with Gasteiger partial charge in [-0.25, -0.2) is 0 Å². The highest BCUT2D eigenvalue weighted by atomic mass is 16.6. The SMILES string of the molecule is CCOc1ccc2c(c1)C1Oc3ccc(OCC)cc3C3Oc4ccc(OCC)cc4C(O2)N13. The quantitative estimate of drug-likeness (QED) is 0.463. The summed E-state index contributed by atoms with van der Waals surface area (Å²) in [5.41, 5.74) is 2.71. The fourth-order valence-electron chi connectivity index (χ4n) is 4.83. The van der Waals surface area contributed by atoms with E-state index in [4.69, 9.17) is 28.4 Å². The number of benzene rings is 3. The predicted octanol–water partition coefficient (Wildman–Crippen LogP) is 5.76. The first-order chi connectivity index (χ1) is 16.7. The summed E-state index contributed by atoms with van der Waals surface area (Å²) in [6.07, 6.45) is -1.23. The number of hydrogen-bond acceptors (Lipinski definition) is 7. The first-order valence-corrected chi connectivity index (χ1v) is 11.8. The van der Waals surface area contributed by atoms with Gasteiger partial charge in [0.25, 0.3) is 0 Å². The molecule has 3 aromatic carbocycles. The van der Waals surface area contributed by atoms with E-state index in [1.165, 1.54) is 0 Å². The zero-order valence-corrected chi connectivity index (χ0v) is 19.4. The monoisotopic (exact) mass is 461 g/mol. The van der Waals surface area contributed by atoms with Crippen LogP contribution >= 0.6 is 0 Å². The van der Waals surface area contributed by atoms with E-state index >= 15 is 0 Å². The lowest BCUT2D eigenvalue weighted by Crippen LogP contribution is -2.50. The largest absolute Gasteiger partial charge is 0.494 e. The second kappa shape index (κ2) is 8.33. The average molecular weight is 462 g/mol. The number of nitrogens with zero attached hydrogens (tertiary/aromatic N) is 1. The number of rotatable bonds is 6. The standard InChI is InChI=1S/C27H27NO6/c1-4-29-16-7-10-22-19(13-16)25-28-26(32-22)21-15-18(31-6-3)9-12-24(21)34-27(28)20-14-17(30-5-2)8-11-23(20)33-25/h7-15,25-27H,4-6H2,1-3H3. The van der Waals surface area contributed by atoms with E-state index in [0.717, 1.165) is 51.2 Å². The molecule has 7 nitrogen and oxygen atoms in total. The first kappa shape index (κ1) is 21.0. The molecule has 0 bridgehead atoms. The third-order valence-corrected chi connectivity index (χ3v) is 6.20. The third kappa shape index (κ3) is 3.30. The molecule has 3 heterocycles. The summed E-state index contributed by atoms with van der Waals surface area (Å²) >= 11 is 0. The minimum atomic E-state index is -0.409. The predicted molar refractivity (Wildman–Crippen MR) is 125 cm³/mol. The van der Waals surface area contributed by atoms with Crippen molar-refractivity contribution in [3.63, 3.8) is 0 Å². The van der Waals surface area contributed by atoms with Crippen molar-refractivity contribution in [1.82, 2.24) is 4.90 Å².